The predicted molar refractivity (Wildman–Crippen MR) is 146 cm³/mol. The van der Waals surface area contributed by atoms with Crippen molar-refractivity contribution < 1.29 is 4.79 Å². The first-order valence-corrected chi connectivity index (χ1v) is 13.9. The predicted octanol–water partition coefficient (Wildman–Crippen LogP) is 3.32. The van der Waals surface area contributed by atoms with E-state index in [-0.39, 0.29) is 23.9 Å². The van der Waals surface area contributed by atoms with Crippen LogP contribution in [0.4, 0.5) is 5.82 Å². The van der Waals surface area contributed by atoms with Gasteiger partial charge in [0.15, 0.2) is 5.65 Å². The first kappa shape index (κ1) is 23.3. The maximum Gasteiger partial charge on any atom is 0.291 e. The number of nitrogens with two attached hydrogens (primary N) is 1. The number of pyridine rings is 1. The van der Waals surface area contributed by atoms with Crippen molar-refractivity contribution in [1.29, 1.82) is 0 Å². The quantitative estimate of drug-likeness (QED) is 0.348. The first-order valence-electron chi connectivity index (χ1n) is 13.9. The topological polar surface area (TPSA) is 149 Å². The Labute approximate surface area is 229 Å². The molecule has 2 saturated heterocycles. The number of hydrogen-bond acceptors (Lipinski definition) is 8. The summed E-state index contributed by atoms with van der Waals surface area (Å²) in [5, 5.41) is 15.7. The summed E-state index contributed by atoms with van der Waals surface area (Å²) in [6, 6.07) is 6.26. The minimum absolute atomic E-state index is 0.0616. The molecule has 2 aliphatic heterocycles. The van der Waals surface area contributed by atoms with Gasteiger partial charge in [-0.15, -0.1) is 0 Å². The molecule has 3 N–H and O–H groups in total. The maximum atomic E-state index is 13.2. The molecule has 0 aromatic carbocycles. The van der Waals surface area contributed by atoms with Gasteiger partial charge in [0.1, 0.15) is 17.8 Å². The highest BCUT2D eigenvalue weighted by Crippen LogP contribution is 2.50. The first-order chi connectivity index (χ1) is 19.5. The van der Waals surface area contributed by atoms with E-state index in [1.807, 2.05) is 48.7 Å². The number of piperidine rings is 1. The van der Waals surface area contributed by atoms with Crippen molar-refractivity contribution in [2.75, 3.05) is 5.73 Å². The fraction of sp³-hybridized carbons (Fsp3) is 0.393. The number of carbonyl (C=O) groups excluding carboxylic acids is 1. The second-order valence-corrected chi connectivity index (χ2v) is 11.3. The van der Waals surface area contributed by atoms with E-state index in [1.165, 1.54) is 6.33 Å². The molecule has 12 nitrogen and oxygen atoms in total. The number of H-pyrrole nitrogens is 1. The summed E-state index contributed by atoms with van der Waals surface area (Å²) in [5.41, 5.74) is 13.3. The molecule has 8 rings (SSSR count). The van der Waals surface area contributed by atoms with Gasteiger partial charge in [0.05, 0.1) is 17.6 Å². The zero-order valence-corrected chi connectivity index (χ0v) is 22.1. The van der Waals surface area contributed by atoms with Crippen LogP contribution >= 0.6 is 0 Å². The smallest absolute Gasteiger partial charge is 0.291 e. The second kappa shape index (κ2) is 8.70. The highest BCUT2D eigenvalue weighted by atomic mass is 16.2. The summed E-state index contributed by atoms with van der Waals surface area (Å²) in [6.07, 6.45) is 12.9. The van der Waals surface area contributed by atoms with Crippen molar-refractivity contribution in [2.24, 2.45) is 7.05 Å². The van der Waals surface area contributed by atoms with Gasteiger partial charge in [0.25, 0.3) is 5.91 Å². The number of anilines is 1. The Hall–Kier alpha value is -4.61. The van der Waals surface area contributed by atoms with Gasteiger partial charge >= 0.3 is 0 Å². The lowest BCUT2D eigenvalue weighted by Crippen LogP contribution is -2.46. The number of amides is 1. The molecule has 0 radical (unpaired) electrons. The molecule has 3 fully saturated rings. The van der Waals surface area contributed by atoms with Gasteiger partial charge in [-0.1, -0.05) is 6.07 Å². The van der Waals surface area contributed by atoms with Crippen molar-refractivity contribution in [3.05, 3.63) is 60.2 Å². The average Bonchev–Trinajstić information content (AvgIpc) is 3.31. The number of aromatic nitrogens is 9. The summed E-state index contributed by atoms with van der Waals surface area (Å²) in [6.45, 7) is 0. The number of fused-ring (bicyclic) bond motifs is 3. The SMILES string of the molecule is Cn1ccc(-c2ccc(-c3cnn4c(N)c(C5CC5)c(C5CC6CCC(C5)N6C(=O)c5ncn[nH]5)nc34)cn2)n1. The van der Waals surface area contributed by atoms with E-state index >= 15 is 0 Å². The molecule has 202 valence electrons. The Morgan fingerprint density at radius 2 is 1.82 bits per heavy atom. The molecular formula is C28H29N11O. The molecule has 5 aromatic rings. The Bertz CT molecular complexity index is 1720. The zero-order valence-electron chi connectivity index (χ0n) is 22.1. The third-order valence-electron chi connectivity index (χ3n) is 8.76. The lowest BCUT2D eigenvalue weighted by molar-refractivity contribution is 0.0557. The number of nitrogen functional groups attached to an aromatic ring is 1. The average molecular weight is 536 g/mol. The third-order valence-corrected chi connectivity index (χ3v) is 8.76. The Balaban J connectivity index is 1.16. The van der Waals surface area contributed by atoms with E-state index in [4.69, 9.17) is 10.7 Å². The van der Waals surface area contributed by atoms with Crippen LogP contribution in [0.2, 0.25) is 0 Å². The summed E-state index contributed by atoms with van der Waals surface area (Å²) < 4.78 is 3.55. The van der Waals surface area contributed by atoms with E-state index in [0.717, 1.165) is 77.9 Å². The van der Waals surface area contributed by atoms with Crippen molar-refractivity contribution in [1.82, 2.24) is 49.4 Å². The lowest BCUT2D eigenvalue weighted by Gasteiger charge is -2.39. The van der Waals surface area contributed by atoms with Crippen LogP contribution in [0.25, 0.3) is 28.2 Å². The van der Waals surface area contributed by atoms with Crippen LogP contribution in [0.3, 0.4) is 0 Å². The van der Waals surface area contributed by atoms with Crippen LogP contribution in [-0.4, -0.2) is 67.4 Å². The van der Waals surface area contributed by atoms with Crippen molar-refractivity contribution >= 4 is 17.4 Å². The van der Waals surface area contributed by atoms with Crippen LogP contribution in [0, 0.1) is 0 Å². The summed E-state index contributed by atoms with van der Waals surface area (Å²) in [5.74, 6) is 1.58. The highest BCUT2D eigenvalue weighted by Gasteiger charge is 2.46. The van der Waals surface area contributed by atoms with E-state index in [2.05, 4.69) is 30.4 Å². The van der Waals surface area contributed by atoms with E-state index in [1.54, 1.807) is 9.20 Å². The number of carbonyl (C=O) groups is 1. The van der Waals surface area contributed by atoms with Crippen LogP contribution in [0.15, 0.2) is 43.1 Å². The fourth-order valence-electron chi connectivity index (χ4n) is 6.77. The third kappa shape index (κ3) is 3.62. The molecular weight excluding hydrogens is 506 g/mol. The minimum Gasteiger partial charge on any atom is -0.383 e. The molecule has 2 atom stereocenters. The van der Waals surface area contributed by atoms with Gasteiger partial charge in [0.2, 0.25) is 5.82 Å². The number of aryl methyl sites for hydroxylation is 1. The lowest BCUT2D eigenvalue weighted by atomic mass is 9.85. The molecule has 40 heavy (non-hydrogen) atoms. The number of nitrogens with one attached hydrogen (secondary N) is 1. The Kier molecular flexibility index (Phi) is 5.07. The van der Waals surface area contributed by atoms with Crippen LogP contribution in [-0.2, 0) is 7.05 Å². The highest BCUT2D eigenvalue weighted by molar-refractivity contribution is 5.91. The normalized spacial score (nSPS) is 22.3. The molecule has 2 unspecified atom stereocenters. The van der Waals surface area contributed by atoms with Gasteiger partial charge in [-0.25, -0.2) is 9.97 Å². The molecule has 12 heteroatoms. The molecule has 2 bridgehead atoms. The summed E-state index contributed by atoms with van der Waals surface area (Å²) in [4.78, 5) is 29.3. The van der Waals surface area contributed by atoms with Crippen LogP contribution in [0.5, 0.6) is 0 Å². The summed E-state index contributed by atoms with van der Waals surface area (Å²) in [7, 11) is 1.89. The van der Waals surface area contributed by atoms with Crippen molar-refractivity contribution in [2.45, 2.75) is 62.4 Å². The molecule has 0 spiro atoms. The Morgan fingerprint density at radius 3 is 2.48 bits per heavy atom. The molecule has 7 heterocycles. The monoisotopic (exact) mass is 535 g/mol. The summed E-state index contributed by atoms with van der Waals surface area (Å²) >= 11 is 0. The van der Waals surface area contributed by atoms with Crippen LogP contribution < -0.4 is 5.73 Å². The molecule has 1 aliphatic carbocycles. The Morgan fingerprint density at radius 1 is 1.00 bits per heavy atom. The van der Waals surface area contributed by atoms with Gasteiger partial charge in [-0.05, 0) is 56.6 Å². The molecule has 5 aromatic heterocycles. The van der Waals surface area contributed by atoms with Gasteiger partial charge < -0.3 is 10.6 Å². The number of rotatable bonds is 5. The number of aromatic amines is 1. The minimum atomic E-state index is -0.0616. The largest absolute Gasteiger partial charge is 0.383 e. The van der Waals surface area contributed by atoms with Crippen molar-refractivity contribution in [3.8, 4) is 22.5 Å². The number of hydrogen-bond donors (Lipinski definition) is 2. The van der Waals surface area contributed by atoms with Crippen LogP contribution in [0.1, 0.15) is 72.2 Å². The van der Waals surface area contributed by atoms with E-state index in [9.17, 15) is 4.79 Å². The molecule has 1 amide bonds. The fourth-order valence-corrected chi connectivity index (χ4v) is 6.77. The standard InChI is InChI=1S/C28H29N11O/c1-37-9-8-22(36-37)21-7-4-16(12-30-21)20-13-33-39-25(29)23(15-2-3-15)24(34-27(20)39)17-10-18-5-6-19(11-17)38(18)28(40)26-31-14-32-35-26/h4,7-9,12-15,17-19H,2-3,5-6,10-11,29H2,1H3,(H,31,32,35). The number of nitrogens with zero attached hydrogens (tertiary/aromatic N) is 9. The van der Waals surface area contributed by atoms with E-state index in [0.29, 0.717) is 17.6 Å². The zero-order chi connectivity index (χ0) is 27.0. The van der Waals surface area contributed by atoms with Gasteiger partial charge in [-0.2, -0.15) is 19.8 Å². The molecule has 3 aliphatic rings. The molecule has 1 saturated carbocycles. The maximum absolute atomic E-state index is 13.2. The van der Waals surface area contributed by atoms with Crippen molar-refractivity contribution in [3.63, 3.8) is 0 Å². The van der Waals surface area contributed by atoms with E-state index < -0.39 is 0 Å². The van der Waals surface area contributed by atoms with Gasteiger partial charge in [0, 0.05) is 54.1 Å². The van der Waals surface area contributed by atoms with Gasteiger partial charge in [-0.3, -0.25) is 19.6 Å². The second-order valence-electron chi connectivity index (χ2n) is 11.3.